The average Bonchev–Trinajstić information content (AvgIpc) is 2.79. The van der Waals surface area contributed by atoms with Crippen molar-refractivity contribution >= 4 is 0 Å². The molecule has 1 aromatic heterocycles. The van der Waals surface area contributed by atoms with E-state index in [2.05, 4.69) is 34.3 Å². The zero-order chi connectivity index (χ0) is 14.8. The van der Waals surface area contributed by atoms with Gasteiger partial charge in [-0.2, -0.15) is 13.2 Å². The summed E-state index contributed by atoms with van der Waals surface area (Å²) >= 11 is 0. The van der Waals surface area contributed by atoms with Crippen LogP contribution in [0.1, 0.15) is 31.9 Å². The predicted octanol–water partition coefficient (Wildman–Crippen LogP) is 1.50. The molecule has 0 aromatic carbocycles. The predicted molar refractivity (Wildman–Crippen MR) is 68.1 cm³/mol. The molecule has 20 heavy (non-hydrogen) atoms. The largest absolute Gasteiger partial charge is 0.451 e. The van der Waals surface area contributed by atoms with Gasteiger partial charge in [-0.25, -0.2) is 0 Å². The Labute approximate surface area is 116 Å². The molecule has 1 atom stereocenters. The Bertz CT molecular complexity index is 443. The topological polar surface area (TPSA) is 46.0 Å². The van der Waals surface area contributed by atoms with Crippen LogP contribution in [-0.2, 0) is 19.3 Å². The van der Waals surface area contributed by atoms with Crippen molar-refractivity contribution in [2.45, 2.75) is 45.6 Å². The fraction of sp³-hybridized carbons (Fsp3) is 0.833. The zero-order valence-electron chi connectivity index (χ0n) is 11.7. The second-order valence-corrected chi connectivity index (χ2v) is 5.11. The molecule has 0 fully saturated rings. The fourth-order valence-electron chi connectivity index (χ4n) is 2.44. The Morgan fingerprint density at radius 1 is 1.30 bits per heavy atom. The first-order valence-corrected chi connectivity index (χ1v) is 6.86. The van der Waals surface area contributed by atoms with Crippen LogP contribution in [-0.4, -0.2) is 45.3 Å². The van der Waals surface area contributed by atoms with Crippen molar-refractivity contribution in [1.29, 1.82) is 0 Å². The van der Waals surface area contributed by atoms with Crippen molar-refractivity contribution in [1.82, 2.24) is 25.0 Å². The minimum absolute atomic E-state index is 0.298. The summed E-state index contributed by atoms with van der Waals surface area (Å²) in [4.78, 5) is 2.12. The number of halogens is 3. The molecule has 0 radical (unpaired) electrons. The molecule has 1 aromatic rings. The molecule has 2 rings (SSSR count). The van der Waals surface area contributed by atoms with Crippen molar-refractivity contribution < 1.29 is 13.2 Å². The number of aromatic nitrogens is 3. The third-order valence-electron chi connectivity index (χ3n) is 3.52. The monoisotopic (exact) mass is 291 g/mol. The summed E-state index contributed by atoms with van der Waals surface area (Å²) in [5.74, 6) is -0.479. The van der Waals surface area contributed by atoms with Crippen LogP contribution in [0, 0.1) is 0 Å². The first kappa shape index (κ1) is 15.2. The summed E-state index contributed by atoms with van der Waals surface area (Å²) in [6.07, 6.45) is -3.46. The molecule has 0 bridgehead atoms. The molecule has 0 saturated carbocycles. The lowest BCUT2D eigenvalue weighted by Crippen LogP contribution is -2.38. The third kappa shape index (κ3) is 3.49. The third-order valence-corrected chi connectivity index (χ3v) is 3.52. The Morgan fingerprint density at radius 2 is 2.05 bits per heavy atom. The highest BCUT2D eigenvalue weighted by Crippen LogP contribution is 2.29. The lowest BCUT2D eigenvalue weighted by atomic mass is 10.2. The summed E-state index contributed by atoms with van der Waals surface area (Å²) in [6, 6.07) is 0.408. The summed E-state index contributed by atoms with van der Waals surface area (Å²) in [7, 11) is 0. The van der Waals surface area contributed by atoms with Crippen molar-refractivity contribution in [3.05, 3.63) is 11.6 Å². The molecule has 1 N–H and O–H groups in total. The van der Waals surface area contributed by atoms with E-state index in [4.69, 9.17) is 0 Å². The molecule has 0 aliphatic carbocycles. The van der Waals surface area contributed by atoms with Crippen molar-refractivity contribution in [2.75, 3.05) is 19.6 Å². The van der Waals surface area contributed by atoms with Gasteiger partial charge in [0.2, 0.25) is 5.82 Å². The molecule has 0 saturated heterocycles. The van der Waals surface area contributed by atoms with Gasteiger partial charge in [-0.3, -0.25) is 4.90 Å². The summed E-state index contributed by atoms with van der Waals surface area (Å²) in [5, 5.41) is 10.3. The van der Waals surface area contributed by atoms with Crippen molar-refractivity contribution in [3.63, 3.8) is 0 Å². The maximum atomic E-state index is 12.7. The fourth-order valence-corrected chi connectivity index (χ4v) is 2.44. The summed E-state index contributed by atoms with van der Waals surface area (Å²) in [6.45, 7) is 7.27. The van der Waals surface area contributed by atoms with Crippen LogP contribution >= 0.6 is 0 Å². The van der Waals surface area contributed by atoms with Crippen molar-refractivity contribution in [3.8, 4) is 0 Å². The van der Waals surface area contributed by atoms with E-state index in [1.807, 2.05) is 0 Å². The van der Waals surface area contributed by atoms with Crippen molar-refractivity contribution in [2.24, 2.45) is 0 Å². The van der Waals surface area contributed by atoms with Crippen LogP contribution in [0.25, 0.3) is 0 Å². The molecule has 1 aliphatic rings. The minimum atomic E-state index is -4.42. The smallest absolute Gasteiger partial charge is 0.314 e. The number of rotatable bonds is 5. The zero-order valence-corrected chi connectivity index (χ0v) is 11.7. The lowest BCUT2D eigenvalue weighted by molar-refractivity contribution is -0.148. The lowest BCUT2D eigenvalue weighted by Gasteiger charge is -2.28. The second kappa shape index (κ2) is 6.09. The van der Waals surface area contributed by atoms with E-state index in [1.54, 1.807) is 0 Å². The van der Waals surface area contributed by atoms with Crippen LogP contribution in [0.3, 0.4) is 0 Å². The van der Waals surface area contributed by atoms with Crippen LogP contribution in [0.15, 0.2) is 0 Å². The van der Waals surface area contributed by atoms with Gasteiger partial charge < -0.3 is 9.88 Å². The van der Waals surface area contributed by atoms with E-state index in [1.165, 1.54) is 4.57 Å². The maximum Gasteiger partial charge on any atom is 0.451 e. The van der Waals surface area contributed by atoms with Gasteiger partial charge in [0.1, 0.15) is 5.82 Å². The quantitative estimate of drug-likeness (QED) is 0.893. The van der Waals surface area contributed by atoms with Crippen LogP contribution in [0.5, 0.6) is 0 Å². The van der Waals surface area contributed by atoms with E-state index in [-0.39, 0.29) is 0 Å². The SMILES string of the molecule is CCNC(C)CCN1CCn2c(nnc2C(F)(F)F)C1. The molecule has 0 spiro atoms. The molecular formula is C12H20F3N5. The molecule has 8 heteroatoms. The van der Waals surface area contributed by atoms with Gasteiger partial charge >= 0.3 is 6.18 Å². The first-order valence-electron chi connectivity index (χ1n) is 6.86. The highest BCUT2D eigenvalue weighted by Gasteiger charge is 2.39. The average molecular weight is 291 g/mol. The van der Waals surface area contributed by atoms with Gasteiger partial charge in [0.25, 0.3) is 0 Å². The Kier molecular flexibility index (Phi) is 4.64. The Hall–Kier alpha value is -1.15. The molecule has 1 unspecified atom stereocenters. The normalized spacial score (nSPS) is 18.1. The summed E-state index contributed by atoms with van der Waals surface area (Å²) < 4.78 is 39.3. The van der Waals surface area contributed by atoms with Gasteiger partial charge in [-0.1, -0.05) is 6.92 Å². The van der Waals surface area contributed by atoms with E-state index in [0.717, 1.165) is 19.5 Å². The Balaban J connectivity index is 1.94. The maximum absolute atomic E-state index is 12.7. The van der Waals surface area contributed by atoms with E-state index >= 15 is 0 Å². The molecule has 114 valence electrons. The summed E-state index contributed by atoms with van der Waals surface area (Å²) in [5.41, 5.74) is 0. The second-order valence-electron chi connectivity index (χ2n) is 5.11. The number of hydrogen-bond donors (Lipinski definition) is 1. The van der Waals surface area contributed by atoms with Gasteiger partial charge in [0.15, 0.2) is 0 Å². The van der Waals surface area contributed by atoms with Crippen LogP contribution < -0.4 is 5.32 Å². The Morgan fingerprint density at radius 3 is 2.70 bits per heavy atom. The molecule has 5 nitrogen and oxygen atoms in total. The highest BCUT2D eigenvalue weighted by molar-refractivity contribution is 5.02. The minimum Gasteiger partial charge on any atom is -0.314 e. The van der Waals surface area contributed by atoms with Gasteiger partial charge in [-0.15, -0.1) is 10.2 Å². The van der Waals surface area contributed by atoms with E-state index in [9.17, 15) is 13.2 Å². The molecule has 2 heterocycles. The van der Waals surface area contributed by atoms with Gasteiger partial charge in [0.05, 0.1) is 6.54 Å². The first-order chi connectivity index (χ1) is 9.41. The van der Waals surface area contributed by atoms with Crippen LogP contribution in [0.4, 0.5) is 13.2 Å². The number of nitrogens with zero attached hydrogens (tertiary/aromatic N) is 4. The van der Waals surface area contributed by atoms with E-state index < -0.39 is 12.0 Å². The number of alkyl halides is 3. The molecular weight excluding hydrogens is 271 g/mol. The standard InChI is InChI=1S/C12H20F3N5/c1-3-16-9(2)4-5-19-6-7-20-10(8-19)17-18-11(20)12(13,14)15/h9,16H,3-8H2,1-2H3. The molecule has 1 aliphatic heterocycles. The van der Waals surface area contributed by atoms with Crippen LogP contribution in [0.2, 0.25) is 0 Å². The van der Waals surface area contributed by atoms with Gasteiger partial charge in [-0.05, 0) is 19.9 Å². The van der Waals surface area contributed by atoms with E-state index in [0.29, 0.717) is 31.5 Å². The number of nitrogens with one attached hydrogen (secondary N) is 1. The van der Waals surface area contributed by atoms with Gasteiger partial charge in [0, 0.05) is 25.7 Å². The molecule has 0 amide bonds. The number of fused-ring (bicyclic) bond motifs is 1. The number of hydrogen-bond acceptors (Lipinski definition) is 4. The highest BCUT2D eigenvalue weighted by atomic mass is 19.4.